The van der Waals surface area contributed by atoms with Gasteiger partial charge in [0.1, 0.15) is 0 Å². The van der Waals surface area contributed by atoms with Crippen LogP contribution in [0.1, 0.15) is 11.1 Å². The van der Waals surface area contributed by atoms with Gasteiger partial charge in [0.2, 0.25) is 5.91 Å². The summed E-state index contributed by atoms with van der Waals surface area (Å²) in [5.74, 6) is 1.10. The van der Waals surface area contributed by atoms with E-state index < -0.39 is 6.61 Å². The van der Waals surface area contributed by atoms with E-state index in [1.165, 1.54) is 30.5 Å². The molecule has 0 saturated carbocycles. The number of thioether (sulfide) groups is 1. The second-order valence-electron chi connectivity index (χ2n) is 5.44. The van der Waals surface area contributed by atoms with Crippen LogP contribution in [0.15, 0.2) is 48.5 Å². The maximum Gasteiger partial charge on any atom is 0.387 e. The van der Waals surface area contributed by atoms with Gasteiger partial charge in [0.15, 0.2) is 11.5 Å². The smallest absolute Gasteiger partial charge is 0.387 e. The van der Waals surface area contributed by atoms with Crippen LogP contribution in [0, 0.1) is 0 Å². The van der Waals surface area contributed by atoms with E-state index in [0.29, 0.717) is 18.1 Å². The van der Waals surface area contributed by atoms with E-state index in [-0.39, 0.29) is 17.4 Å². The molecule has 0 radical (unpaired) electrons. The van der Waals surface area contributed by atoms with Crippen molar-refractivity contribution in [2.75, 3.05) is 19.4 Å². The van der Waals surface area contributed by atoms with Crippen LogP contribution in [0.4, 0.5) is 8.78 Å². The Bertz CT molecular complexity index is 698. The topological polar surface area (TPSA) is 47.6 Å². The summed E-state index contributed by atoms with van der Waals surface area (Å²) in [7, 11) is 1.39. The number of carbonyl (C=O) groups is 1. The average Bonchev–Trinajstić information content (AvgIpc) is 2.63. The zero-order valence-corrected chi connectivity index (χ0v) is 15.2. The minimum Gasteiger partial charge on any atom is -0.493 e. The Morgan fingerprint density at radius 2 is 1.88 bits per heavy atom. The highest BCUT2D eigenvalue weighted by Crippen LogP contribution is 2.30. The highest BCUT2D eigenvalue weighted by molar-refractivity contribution is 7.99. The Balaban J connectivity index is 1.72. The zero-order chi connectivity index (χ0) is 18.8. The van der Waals surface area contributed by atoms with Crippen LogP contribution in [0.2, 0.25) is 0 Å². The molecule has 0 aromatic heterocycles. The summed E-state index contributed by atoms with van der Waals surface area (Å²) in [5.41, 5.74) is 2.05. The number of rotatable bonds is 10. The molecule has 0 aliphatic rings. The molecule has 0 bridgehead atoms. The van der Waals surface area contributed by atoms with Crippen LogP contribution < -0.4 is 14.8 Å². The van der Waals surface area contributed by atoms with Crippen molar-refractivity contribution in [2.45, 2.75) is 18.8 Å². The number of amides is 1. The third-order valence-electron chi connectivity index (χ3n) is 3.52. The number of hydrogen-bond acceptors (Lipinski definition) is 4. The summed E-state index contributed by atoms with van der Waals surface area (Å²) in [6, 6.07) is 14.7. The van der Waals surface area contributed by atoms with Gasteiger partial charge < -0.3 is 14.8 Å². The van der Waals surface area contributed by atoms with Crippen molar-refractivity contribution in [2.24, 2.45) is 0 Å². The first-order valence-electron chi connectivity index (χ1n) is 8.08. The fourth-order valence-electron chi connectivity index (χ4n) is 2.30. The third-order valence-corrected chi connectivity index (χ3v) is 4.53. The first-order valence-corrected chi connectivity index (χ1v) is 9.24. The Kier molecular flexibility index (Phi) is 8.21. The number of halogens is 2. The van der Waals surface area contributed by atoms with Crippen molar-refractivity contribution in [3.63, 3.8) is 0 Å². The minimum absolute atomic E-state index is 0.00472. The van der Waals surface area contributed by atoms with E-state index in [1.807, 2.05) is 30.3 Å². The van der Waals surface area contributed by atoms with E-state index in [2.05, 4.69) is 10.1 Å². The van der Waals surface area contributed by atoms with Crippen LogP contribution in [-0.2, 0) is 17.0 Å². The molecule has 0 fully saturated rings. The van der Waals surface area contributed by atoms with Gasteiger partial charge in [-0.1, -0.05) is 36.4 Å². The number of alkyl halides is 2. The molecule has 26 heavy (non-hydrogen) atoms. The van der Waals surface area contributed by atoms with Crippen molar-refractivity contribution in [3.05, 3.63) is 59.7 Å². The fraction of sp³-hybridized carbons (Fsp3) is 0.316. The van der Waals surface area contributed by atoms with Crippen LogP contribution in [0.3, 0.4) is 0 Å². The summed E-state index contributed by atoms with van der Waals surface area (Å²) in [5, 5.41) is 2.88. The van der Waals surface area contributed by atoms with Crippen LogP contribution in [-0.4, -0.2) is 31.9 Å². The first-order chi connectivity index (χ1) is 12.6. The van der Waals surface area contributed by atoms with E-state index >= 15 is 0 Å². The number of ether oxygens (including phenoxy) is 2. The maximum absolute atomic E-state index is 12.3. The minimum atomic E-state index is -2.90. The van der Waals surface area contributed by atoms with Crippen molar-refractivity contribution in [3.8, 4) is 11.5 Å². The van der Waals surface area contributed by atoms with E-state index in [4.69, 9.17) is 4.74 Å². The van der Waals surface area contributed by atoms with Gasteiger partial charge >= 0.3 is 6.61 Å². The summed E-state index contributed by atoms with van der Waals surface area (Å²) in [6.07, 6.45) is 0.792. The number of hydrogen-bond donors (Lipinski definition) is 1. The molecule has 0 saturated heterocycles. The highest BCUT2D eigenvalue weighted by atomic mass is 32.2. The van der Waals surface area contributed by atoms with Gasteiger partial charge in [0.25, 0.3) is 0 Å². The SMILES string of the molecule is COc1cc(CSCC(=O)NCCc2ccccc2)ccc1OC(F)F. The molecule has 0 aliphatic heterocycles. The molecule has 0 aliphatic carbocycles. The molecule has 0 heterocycles. The van der Waals surface area contributed by atoms with Gasteiger partial charge in [-0.3, -0.25) is 4.79 Å². The molecule has 0 atom stereocenters. The van der Waals surface area contributed by atoms with Gasteiger partial charge in [-0.2, -0.15) is 8.78 Å². The number of methoxy groups -OCH3 is 1. The van der Waals surface area contributed by atoms with Crippen LogP contribution in [0.25, 0.3) is 0 Å². The van der Waals surface area contributed by atoms with Gasteiger partial charge in [-0.05, 0) is 29.7 Å². The number of nitrogens with one attached hydrogen (secondary N) is 1. The molecule has 2 rings (SSSR count). The number of carbonyl (C=O) groups excluding carboxylic acids is 1. The Hall–Kier alpha value is -2.28. The standard InChI is InChI=1S/C19H21F2NO3S/c1-24-17-11-15(7-8-16(17)25-19(20)21)12-26-13-18(23)22-10-9-14-5-3-2-4-6-14/h2-8,11,19H,9-10,12-13H2,1H3,(H,22,23). The molecular weight excluding hydrogens is 360 g/mol. The molecule has 1 amide bonds. The summed E-state index contributed by atoms with van der Waals surface area (Å²) >= 11 is 1.44. The molecule has 0 unspecified atom stereocenters. The lowest BCUT2D eigenvalue weighted by molar-refractivity contribution is -0.118. The van der Waals surface area contributed by atoms with Crippen molar-refractivity contribution < 1.29 is 23.0 Å². The largest absolute Gasteiger partial charge is 0.493 e. The van der Waals surface area contributed by atoms with Gasteiger partial charge in [-0.15, -0.1) is 11.8 Å². The normalized spacial score (nSPS) is 10.6. The first kappa shape index (κ1) is 20.0. The van der Waals surface area contributed by atoms with E-state index in [1.54, 1.807) is 12.1 Å². The van der Waals surface area contributed by atoms with Crippen molar-refractivity contribution >= 4 is 17.7 Å². The summed E-state index contributed by atoms with van der Waals surface area (Å²) in [6.45, 7) is -2.31. The maximum atomic E-state index is 12.3. The molecule has 140 valence electrons. The fourth-order valence-corrected chi connectivity index (χ4v) is 3.10. The van der Waals surface area contributed by atoms with E-state index in [9.17, 15) is 13.6 Å². The van der Waals surface area contributed by atoms with E-state index in [0.717, 1.165) is 12.0 Å². The van der Waals surface area contributed by atoms with Crippen LogP contribution >= 0.6 is 11.8 Å². The average molecular weight is 381 g/mol. The monoisotopic (exact) mass is 381 g/mol. The lowest BCUT2D eigenvalue weighted by atomic mass is 10.1. The second-order valence-corrected chi connectivity index (χ2v) is 6.43. The lowest BCUT2D eigenvalue weighted by Crippen LogP contribution is -2.27. The Morgan fingerprint density at radius 3 is 2.58 bits per heavy atom. The van der Waals surface area contributed by atoms with Gasteiger partial charge in [0, 0.05) is 12.3 Å². The number of benzene rings is 2. The highest BCUT2D eigenvalue weighted by Gasteiger charge is 2.11. The predicted molar refractivity (Wildman–Crippen MR) is 98.9 cm³/mol. The predicted octanol–water partition coefficient (Wildman–Crippen LogP) is 3.89. The third kappa shape index (κ3) is 6.92. The van der Waals surface area contributed by atoms with Gasteiger partial charge in [-0.25, -0.2) is 0 Å². The molecule has 0 spiro atoms. The lowest BCUT2D eigenvalue weighted by Gasteiger charge is -2.11. The van der Waals surface area contributed by atoms with Crippen LogP contribution in [0.5, 0.6) is 11.5 Å². The molecule has 2 aromatic carbocycles. The Morgan fingerprint density at radius 1 is 1.12 bits per heavy atom. The molecule has 7 heteroatoms. The van der Waals surface area contributed by atoms with Crippen molar-refractivity contribution in [1.82, 2.24) is 5.32 Å². The quantitative estimate of drug-likeness (QED) is 0.678. The van der Waals surface area contributed by atoms with Gasteiger partial charge in [0.05, 0.1) is 12.9 Å². The summed E-state index contributed by atoms with van der Waals surface area (Å²) in [4.78, 5) is 11.9. The molecule has 2 aromatic rings. The van der Waals surface area contributed by atoms with Crippen molar-refractivity contribution in [1.29, 1.82) is 0 Å². The molecule has 1 N–H and O–H groups in total. The zero-order valence-electron chi connectivity index (χ0n) is 14.4. The second kappa shape index (κ2) is 10.7. The molecule has 4 nitrogen and oxygen atoms in total. The summed E-state index contributed by atoms with van der Waals surface area (Å²) < 4.78 is 34.1. The molecular formula is C19H21F2NO3S. The Labute approximate surface area is 155 Å².